The summed E-state index contributed by atoms with van der Waals surface area (Å²) in [5.74, 6) is 0.539. The highest BCUT2D eigenvalue weighted by atomic mass is 16.5. The van der Waals surface area contributed by atoms with Gasteiger partial charge in [0.1, 0.15) is 5.76 Å². The van der Waals surface area contributed by atoms with Crippen LogP contribution in [0.15, 0.2) is 22.9 Å². The maximum Gasteiger partial charge on any atom is 0.253 e. The SMILES string of the molecule is CCCCc1noc(C)c1/C=C/c1ccc(C(=O)N[C@@H](C)CO)cn1. The molecule has 0 radical (unpaired) electrons. The Morgan fingerprint density at radius 3 is 2.84 bits per heavy atom. The van der Waals surface area contributed by atoms with Crippen LogP contribution in [0.3, 0.4) is 0 Å². The average Bonchev–Trinajstić information content (AvgIpc) is 2.98. The van der Waals surface area contributed by atoms with Gasteiger partial charge in [-0.25, -0.2) is 0 Å². The zero-order valence-electron chi connectivity index (χ0n) is 15.0. The zero-order valence-corrected chi connectivity index (χ0v) is 15.0. The van der Waals surface area contributed by atoms with E-state index in [2.05, 4.69) is 22.4 Å². The molecule has 0 aliphatic carbocycles. The first-order chi connectivity index (χ1) is 12.0. The molecule has 0 unspecified atom stereocenters. The fourth-order valence-corrected chi connectivity index (χ4v) is 2.32. The quantitative estimate of drug-likeness (QED) is 0.769. The second-order valence-electron chi connectivity index (χ2n) is 6.06. The van der Waals surface area contributed by atoms with Crippen LogP contribution < -0.4 is 5.32 Å². The first kappa shape index (κ1) is 18.9. The zero-order chi connectivity index (χ0) is 18.2. The van der Waals surface area contributed by atoms with Crippen molar-refractivity contribution in [1.29, 1.82) is 0 Å². The molecule has 6 nitrogen and oxygen atoms in total. The van der Waals surface area contributed by atoms with Crippen LogP contribution in [0.4, 0.5) is 0 Å². The van der Waals surface area contributed by atoms with Crippen LogP contribution >= 0.6 is 0 Å². The number of aryl methyl sites for hydroxylation is 2. The molecule has 2 rings (SSSR count). The Morgan fingerprint density at radius 1 is 1.40 bits per heavy atom. The van der Waals surface area contributed by atoms with Crippen LogP contribution in [0.5, 0.6) is 0 Å². The highest BCUT2D eigenvalue weighted by Crippen LogP contribution is 2.18. The summed E-state index contributed by atoms with van der Waals surface area (Å²) < 4.78 is 5.28. The number of carbonyl (C=O) groups excluding carboxylic acids is 1. The minimum absolute atomic E-state index is 0.0988. The molecule has 25 heavy (non-hydrogen) atoms. The molecule has 0 saturated carbocycles. The molecule has 2 N–H and O–H groups in total. The van der Waals surface area contributed by atoms with Gasteiger partial charge in [0.05, 0.1) is 23.6 Å². The van der Waals surface area contributed by atoms with E-state index in [1.807, 2.05) is 19.1 Å². The van der Waals surface area contributed by atoms with E-state index in [0.717, 1.165) is 42.0 Å². The highest BCUT2D eigenvalue weighted by Gasteiger charge is 2.10. The molecule has 0 saturated heterocycles. The average molecular weight is 343 g/mol. The summed E-state index contributed by atoms with van der Waals surface area (Å²) in [6, 6.07) is 3.21. The number of aromatic nitrogens is 2. The van der Waals surface area contributed by atoms with Gasteiger partial charge in [0.2, 0.25) is 0 Å². The number of nitrogens with one attached hydrogen (secondary N) is 1. The Hall–Kier alpha value is -2.47. The summed E-state index contributed by atoms with van der Waals surface area (Å²) in [4.78, 5) is 16.3. The van der Waals surface area contributed by atoms with Gasteiger partial charge in [-0.15, -0.1) is 0 Å². The summed E-state index contributed by atoms with van der Waals surface area (Å²) >= 11 is 0. The number of hydrogen-bond acceptors (Lipinski definition) is 5. The molecule has 6 heteroatoms. The molecular weight excluding hydrogens is 318 g/mol. The third kappa shape index (κ3) is 5.26. The van der Waals surface area contributed by atoms with Crippen LogP contribution in [0.1, 0.15) is 59.8 Å². The molecule has 0 fully saturated rings. The number of hydrogen-bond donors (Lipinski definition) is 2. The van der Waals surface area contributed by atoms with E-state index < -0.39 is 0 Å². The van der Waals surface area contributed by atoms with Gasteiger partial charge in [0.15, 0.2) is 0 Å². The van der Waals surface area contributed by atoms with Gasteiger partial charge < -0.3 is 14.9 Å². The molecule has 1 atom stereocenters. The Morgan fingerprint density at radius 2 is 2.20 bits per heavy atom. The van der Waals surface area contributed by atoms with Crippen molar-refractivity contribution in [2.45, 2.75) is 46.1 Å². The molecule has 134 valence electrons. The lowest BCUT2D eigenvalue weighted by Crippen LogP contribution is -2.35. The van der Waals surface area contributed by atoms with Crippen molar-refractivity contribution in [3.05, 3.63) is 46.6 Å². The number of unbranched alkanes of at least 4 members (excludes halogenated alkanes) is 1. The Labute approximate surface area is 148 Å². The molecule has 0 aliphatic heterocycles. The van der Waals surface area contributed by atoms with Crippen molar-refractivity contribution < 1.29 is 14.4 Å². The number of nitrogens with zero attached hydrogens (tertiary/aromatic N) is 2. The third-order valence-corrected chi connectivity index (χ3v) is 3.87. The van der Waals surface area contributed by atoms with Gasteiger partial charge in [0, 0.05) is 17.8 Å². The van der Waals surface area contributed by atoms with Crippen molar-refractivity contribution in [2.24, 2.45) is 0 Å². The predicted molar refractivity (Wildman–Crippen MR) is 97.0 cm³/mol. The summed E-state index contributed by atoms with van der Waals surface area (Å²) in [6.45, 7) is 5.68. The number of amides is 1. The first-order valence-corrected chi connectivity index (χ1v) is 8.56. The molecule has 2 aromatic heterocycles. The van der Waals surface area contributed by atoms with Crippen molar-refractivity contribution in [1.82, 2.24) is 15.5 Å². The minimum atomic E-state index is -0.287. The Balaban J connectivity index is 2.07. The number of rotatable bonds is 8. The van der Waals surface area contributed by atoms with Crippen LogP contribution in [0, 0.1) is 6.92 Å². The third-order valence-electron chi connectivity index (χ3n) is 3.87. The lowest BCUT2D eigenvalue weighted by atomic mass is 10.1. The lowest BCUT2D eigenvalue weighted by molar-refractivity contribution is 0.0922. The second-order valence-corrected chi connectivity index (χ2v) is 6.06. The number of carbonyl (C=O) groups is 1. The summed E-state index contributed by atoms with van der Waals surface area (Å²) in [5, 5.41) is 15.8. The van der Waals surface area contributed by atoms with E-state index in [0.29, 0.717) is 5.56 Å². The Kier molecular flexibility index (Phi) is 6.89. The summed E-state index contributed by atoms with van der Waals surface area (Å²) in [5.41, 5.74) is 3.16. The van der Waals surface area contributed by atoms with E-state index >= 15 is 0 Å². The van der Waals surface area contributed by atoms with Crippen molar-refractivity contribution in [2.75, 3.05) is 6.61 Å². The number of pyridine rings is 1. The largest absolute Gasteiger partial charge is 0.394 e. The molecular formula is C19H25N3O3. The molecule has 2 aromatic rings. The molecule has 0 aromatic carbocycles. The van der Waals surface area contributed by atoms with E-state index in [4.69, 9.17) is 9.63 Å². The monoisotopic (exact) mass is 343 g/mol. The fourth-order valence-electron chi connectivity index (χ4n) is 2.32. The summed E-state index contributed by atoms with van der Waals surface area (Å²) in [7, 11) is 0. The smallest absolute Gasteiger partial charge is 0.253 e. The molecule has 2 heterocycles. The second kappa shape index (κ2) is 9.13. The van der Waals surface area contributed by atoms with Gasteiger partial charge in [-0.3, -0.25) is 9.78 Å². The molecule has 1 amide bonds. The molecule has 0 bridgehead atoms. The van der Waals surface area contributed by atoms with Crippen molar-refractivity contribution >= 4 is 18.1 Å². The van der Waals surface area contributed by atoms with Crippen molar-refractivity contribution in [3.63, 3.8) is 0 Å². The summed E-state index contributed by atoms with van der Waals surface area (Å²) in [6.07, 6.45) is 8.43. The van der Waals surface area contributed by atoms with Gasteiger partial charge in [-0.1, -0.05) is 18.5 Å². The minimum Gasteiger partial charge on any atom is -0.394 e. The predicted octanol–water partition coefficient (Wildman–Crippen LogP) is 3.00. The normalized spacial score (nSPS) is 12.5. The van der Waals surface area contributed by atoms with Crippen LogP contribution in [0.2, 0.25) is 0 Å². The van der Waals surface area contributed by atoms with Crippen molar-refractivity contribution in [3.8, 4) is 0 Å². The van der Waals surface area contributed by atoms with Crippen LogP contribution in [-0.2, 0) is 6.42 Å². The fraction of sp³-hybridized carbons (Fsp3) is 0.421. The van der Waals surface area contributed by atoms with Gasteiger partial charge in [-0.2, -0.15) is 0 Å². The number of aliphatic hydroxyl groups excluding tert-OH is 1. The van der Waals surface area contributed by atoms with E-state index in [1.165, 1.54) is 6.20 Å². The first-order valence-electron chi connectivity index (χ1n) is 8.56. The van der Waals surface area contributed by atoms with Gasteiger partial charge in [-0.05, 0) is 51.0 Å². The molecule has 0 aliphatic rings. The van der Waals surface area contributed by atoms with Gasteiger partial charge in [0.25, 0.3) is 5.91 Å². The topological polar surface area (TPSA) is 88.2 Å². The van der Waals surface area contributed by atoms with E-state index in [-0.39, 0.29) is 18.6 Å². The maximum absolute atomic E-state index is 12.0. The lowest BCUT2D eigenvalue weighted by Gasteiger charge is -2.10. The van der Waals surface area contributed by atoms with E-state index in [1.54, 1.807) is 19.1 Å². The van der Waals surface area contributed by atoms with Gasteiger partial charge >= 0.3 is 0 Å². The highest BCUT2D eigenvalue weighted by molar-refractivity contribution is 5.94. The number of aliphatic hydroxyl groups is 1. The van der Waals surface area contributed by atoms with E-state index in [9.17, 15) is 4.79 Å². The standard InChI is InChI=1S/C19H25N3O3/c1-4-5-6-18-17(14(3)25-22-18)10-9-16-8-7-15(11-20-16)19(24)21-13(2)12-23/h7-11,13,23H,4-6,12H2,1-3H3,(H,21,24)/b10-9+/t13-/m0/s1. The van der Waals surface area contributed by atoms with Crippen LogP contribution in [-0.4, -0.2) is 33.8 Å². The Bertz CT molecular complexity index is 720. The van der Waals surface area contributed by atoms with Crippen LogP contribution in [0.25, 0.3) is 12.2 Å². The molecule has 0 spiro atoms. The maximum atomic E-state index is 12.0.